The maximum absolute atomic E-state index is 11.7. The van der Waals surface area contributed by atoms with E-state index in [1.807, 2.05) is 12.1 Å². The highest BCUT2D eigenvalue weighted by Gasteiger charge is 2.10. The molecule has 1 aromatic heterocycles. The van der Waals surface area contributed by atoms with Crippen LogP contribution in [0.25, 0.3) is 0 Å². The highest BCUT2D eigenvalue weighted by Crippen LogP contribution is 2.26. The van der Waals surface area contributed by atoms with Gasteiger partial charge in [-0.05, 0) is 42.3 Å². The molecule has 7 heteroatoms. The molecule has 0 spiro atoms. The number of methoxy groups -OCH3 is 1. The summed E-state index contributed by atoms with van der Waals surface area (Å²) in [5.74, 6) is 0.614. The molecule has 2 N–H and O–H groups in total. The number of carbonyl (C=O) groups is 1. The van der Waals surface area contributed by atoms with Crippen LogP contribution < -0.4 is 10.6 Å². The summed E-state index contributed by atoms with van der Waals surface area (Å²) in [5.41, 5.74) is 3.33. The third kappa shape index (κ3) is 4.74. The minimum Gasteiger partial charge on any atom is -0.465 e. The minimum atomic E-state index is -0.432. The molecule has 0 bridgehead atoms. The second kappa shape index (κ2) is 8.51. The van der Waals surface area contributed by atoms with Crippen LogP contribution in [0, 0.1) is 6.92 Å². The van der Waals surface area contributed by atoms with E-state index in [9.17, 15) is 4.79 Å². The lowest BCUT2D eigenvalue weighted by Gasteiger charge is -2.11. The number of aryl methyl sites for hydroxylation is 1. The first-order chi connectivity index (χ1) is 13.1. The van der Waals surface area contributed by atoms with Gasteiger partial charge in [0.1, 0.15) is 5.82 Å². The zero-order chi connectivity index (χ0) is 19.2. The van der Waals surface area contributed by atoms with E-state index in [0.29, 0.717) is 34.6 Å². The number of benzene rings is 2. The minimum absolute atomic E-state index is 0.399. The van der Waals surface area contributed by atoms with Gasteiger partial charge in [0.05, 0.1) is 23.4 Å². The third-order valence-corrected chi connectivity index (χ3v) is 4.33. The van der Waals surface area contributed by atoms with E-state index in [0.717, 1.165) is 0 Å². The van der Waals surface area contributed by atoms with Crippen molar-refractivity contribution in [2.75, 3.05) is 17.7 Å². The number of anilines is 3. The van der Waals surface area contributed by atoms with Crippen molar-refractivity contribution >= 4 is 35.0 Å². The van der Waals surface area contributed by atoms with Crippen molar-refractivity contribution in [1.82, 2.24) is 9.97 Å². The smallest absolute Gasteiger partial charge is 0.337 e. The second-order valence-corrected chi connectivity index (χ2v) is 6.26. The van der Waals surface area contributed by atoms with E-state index in [1.54, 1.807) is 30.5 Å². The second-order valence-electron chi connectivity index (χ2n) is 5.86. The molecule has 27 heavy (non-hydrogen) atoms. The molecule has 0 amide bonds. The Kier molecular flexibility index (Phi) is 5.88. The van der Waals surface area contributed by atoms with Crippen LogP contribution in [0.2, 0.25) is 5.02 Å². The van der Waals surface area contributed by atoms with Crippen LogP contribution in [0.15, 0.2) is 54.7 Å². The Balaban J connectivity index is 1.74. The number of carbonyl (C=O) groups excluding carboxylic acids is 1. The van der Waals surface area contributed by atoms with Gasteiger partial charge in [-0.1, -0.05) is 35.9 Å². The standard InChI is InChI=1S/C20H19ClN4O2/c1-13-5-3-4-6-15(13)12-23-20-22-10-9-18(25-20)24-17-11-14(19(26)27-2)7-8-16(17)21/h3-11H,12H2,1-2H3,(H2,22,23,24,25). The molecule has 0 fully saturated rings. The van der Waals surface area contributed by atoms with Crippen LogP contribution in [0.4, 0.5) is 17.5 Å². The Labute approximate surface area is 162 Å². The number of hydrogen-bond acceptors (Lipinski definition) is 6. The van der Waals surface area contributed by atoms with Crippen LogP contribution in [-0.4, -0.2) is 23.0 Å². The molecule has 138 valence electrons. The number of esters is 1. The molecule has 0 radical (unpaired) electrons. The Morgan fingerprint density at radius 2 is 2.00 bits per heavy atom. The molecule has 0 unspecified atom stereocenters. The van der Waals surface area contributed by atoms with E-state index < -0.39 is 5.97 Å². The SMILES string of the molecule is COC(=O)c1ccc(Cl)c(Nc2ccnc(NCc3ccccc3C)n2)c1. The van der Waals surface area contributed by atoms with Crippen molar-refractivity contribution in [3.05, 3.63) is 76.4 Å². The topological polar surface area (TPSA) is 76.1 Å². The van der Waals surface area contributed by atoms with Gasteiger partial charge in [0.15, 0.2) is 0 Å². The summed E-state index contributed by atoms with van der Waals surface area (Å²) < 4.78 is 4.74. The van der Waals surface area contributed by atoms with Crippen molar-refractivity contribution in [3.63, 3.8) is 0 Å². The maximum Gasteiger partial charge on any atom is 0.337 e. The van der Waals surface area contributed by atoms with Gasteiger partial charge in [0, 0.05) is 12.7 Å². The molecule has 3 rings (SSSR count). The van der Waals surface area contributed by atoms with E-state index in [4.69, 9.17) is 16.3 Å². The molecule has 0 saturated heterocycles. The monoisotopic (exact) mass is 382 g/mol. The average molecular weight is 383 g/mol. The Hall–Kier alpha value is -3.12. The molecular weight excluding hydrogens is 364 g/mol. The predicted octanol–water partition coefficient (Wildman–Crippen LogP) is 4.58. The van der Waals surface area contributed by atoms with E-state index in [1.165, 1.54) is 18.2 Å². The summed E-state index contributed by atoms with van der Waals surface area (Å²) in [6, 6.07) is 14.7. The Morgan fingerprint density at radius 1 is 1.19 bits per heavy atom. The highest BCUT2D eigenvalue weighted by molar-refractivity contribution is 6.33. The lowest BCUT2D eigenvalue weighted by Crippen LogP contribution is -2.06. The normalized spacial score (nSPS) is 10.3. The van der Waals surface area contributed by atoms with E-state index in [-0.39, 0.29) is 0 Å². The van der Waals surface area contributed by atoms with Crippen molar-refractivity contribution in [3.8, 4) is 0 Å². The Morgan fingerprint density at radius 3 is 2.78 bits per heavy atom. The highest BCUT2D eigenvalue weighted by atomic mass is 35.5. The summed E-state index contributed by atoms with van der Waals surface area (Å²) in [4.78, 5) is 20.4. The number of nitrogens with zero attached hydrogens (tertiary/aromatic N) is 2. The van der Waals surface area contributed by atoms with Gasteiger partial charge in [0.2, 0.25) is 5.95 Å². The molecular formula is C20H19ClN4O2. The van der Waals surface area contributed by atoms with E-state index >= 15 is 0 Å². The number of hydrogen-bond donors (Lipinski definition) is 2. The number of rotatable bonds is 6. The van der Waals surface area contributed by atoms with Gasteiger partial charge >= 0.3 is 5.97 Å². The zero-order valence-corrected chi connectivity index (χ0v) is 15.7. The van der Waals surface area contributed by atoms with Gasteiger partial charge in [-0.15, -0.1) is 0 Å². The fourth-order valence-corrected chi connectivity index (χ4v) is 2.66. The van der Waals surface area contributed by atoms with Crippen LogP contribution >= 0.6 is 11.6 Å². The van der Waals surface area contributed by atoms with Crippen molar-refractivity contribution in [2.45, 2.75) is 13.5 Å². The number of aromatic nitrogens is 2. The first-order valence-corrected chi connectivity index (χ1v) is 8.71. The van der Waals surface area contributed by atoms with Crippen LogP contribution in [0.1, 0.15) is 21.5 Å². The summed E-state index contributed by atoms with van der Waals surface area (Å²) in [5, 5.41) is 6.79. The molecule has 0 aliphatic carbocycles. The number of halogens is 1. The molecule has 1 heterocycles. The molecule has 0 saturated carbocycles. The van der Waals surface area contributed by atoms with Gasteiger partial charge in [-0.2, -0.15) is 4.98 Å². The summed E-state index contributed by atoms with van der Waals surface area (Å²) in [6.45, 7) is 2.68. The van der Waals surface area contributed by atoms with Crippen LogP contribution in [0.5, 0.6) is 0 Å². The fraction of sp³-hybridized carbons (Fsp3) is 0.150. The van der Waals surface area contributed by atoms with Crippen molar-refractivity contribution in [1.29, 1.82) is 0 Å². The van der Waals surface area contributed by atoms with E-state index in [2.05, 4.69) is 39.7 Å². The maximum atomic E-state index is 11.7. The molecule has 0 atom stereocenters. The van der Waals surface area contributed by atoms with Crippen LogP contribution in [-0.2, 0) is 11.3 Å². The fourth-order valence-electron chi connectivity index (χ4n) is 2.50. The first-order valence-electron chi connectivity index (χ1n) is 8.33. The largest absolute Gasteiger partial charge is 0.465 e. The van der Waals surface area contributed by atoms with Gasteiger partial charge < -0.3 is 15.4 Å². The molecule has 3 aromatic rings. The summed E-state index contributed by atoms with van der Waals surface area (Å²) in [6.07, 6.45) is 1.65. The quantitative estimate of drug-likeness (QED) is 0.608. The lowest BCUT2D eigenvalue weighted by atomic mass is 10.1. The zero-order valence-electron chi connectivity index (χ0n) is 15.0. The van der Waals surface area contributed by atoms with Gasteiger partial charge in [0.25, 0.3) is 0 Å². The lowest BCUT2D eigenvalue weighted by molar-refractivity contribution is 0.0601. The molecule has 0 aliphatic rings. The Bertz CT molecular complexity index is 962. The third-order valence-electron chi connectivity index (χ3n) is 4.00. The predicted molar refractivity (Wildman–Crippen MR) is 107 cm³/mol. The van der Waals surface area contributed by atoms with Crippen LogP contribution in [0.3, 0.4) is 0 Å². The first kappa shape index (κ1) is 18.7. The summed E-state index contributed by atoms with van der Waals surface area (Å²) in [7, 11) is 1.33. The summed E-state index contributed by atoms with van der Waals surface area (Å²) >= 11 is 6.22. The van der Waals surface area contributed by atoms with Gasteiger partial charge in [-0.25, -0.2) is 9.78 Å². The average Bonchev–Trinajstić information content (AvgIpc) is 2.69. The number of ether oxygens (including phenoxy) is 1. The van der Waals surface area contributed by atoms with Crippen molar-refractivity contribution in [2.24, 2.45) is 0 Å². The van der Waals surface area contributed by atoms with Gasteiger partial charge in [-0.3, -0.25) is 0 Å². The molecule has 2 aromatic carbocycles. The van der Waals surface area contributed by atoms with Crippen molar-refractivity contribution < 1.29 is 9.53 Å². The molecule has 6 nitrogen and oxygen atoms in total. The number of nitrogens with one attached hydrogen (secondary N) is 2. The molecule has 0 aliphatic heterocycles.